The molecular formula is C9H10O5. The molecule has 0 fully saturated rings. The highest BCUT2D eigenvalue weighted by Crippen LogP contribution is 2.30. The Kier molecular flexibility index (Phi) is 2.93. The van der Waals surface area contributed by atoms with Gasteiger partial charge >= 0.3 is 5.97 Å². The predicted octanol–water partition coefficient (Wildman–Crippen LogP) is 0.942. The van der Waals surface area contributed by atoms with E-state index in [2.05, 4.69) is 0 Å². The maximum Gasteiger partial charge on any atom is 0.339 e. The molecule has 3 N–H and O–H groups in total. The first kappa shape index (κ1) is 10.3. The van der Waals surface area contributed by atoms with Crippen LogP contribution in [0.5, 0.6) is 11.5 Å². The molecule has 1 aromatic rings. The lowest BCUT2D eigenvalue weighted by molar-refractivity contribution is 0.0692. The number of aromatic carboxylic acids is 1. The van der Waals surface area contributed by atoms with E-state index in [9.17, 15) is 15.0 Å². The highest BCUT2D eigenvalue weighted by Gasteiger charge is 2.14. The third-order valence-corrected chi connectivity index (χ3v) is 1.69. The summed E-state index contributed by atoms with van der Waals surface area (Å²) in [5.74, 6) is -2.38. The average Bonchev–Trinajstić information content (AvgIpc) is 2.11. The van der Waals surface area contributed by atoms with Crippen LogP contribution in [0.4, 0.5) is 0 Å². The summed E-state index contributed by atoms with van der Waals surface area (Å²) >= 11 is 0. The maximum atomic E-state index is 10.6. The van der Waals surface area contributed by atoms with E-state index in [0.717, 1.165) is 0 Å². The molecule has 0 heterocycles. The molecule has 0 radical (unpaired) electrons. The molecule has 14 heavy (non-hydrogen) atoms. The summed E-state index contributed by atoms with van der Waals surface area (Å²) in [6.45, 7) is 0.175. The molecule has 0 aromatic heterocycles. The zero-order chi connectivity index (χ0) is 10.7. The van der Waals surface area contributed by atoms with E-state index in [4.69, 9.17) is 9.84 Å². The number of carbonyl (C=O) groups is 1. The minimum atomic E-state index is -1.30. The number of hydrogen-bond acceptors (Lipinski definition) is 4. The van der Waals surface area contributed by atoms with Crippen LogP contribution in [-0.2, 0) is 11.3 Å². The van der Waals surface area contributed by atoms with Crippen molar-refractivity contribution in [3.8, 4) is 11.5 Å². The van der Waals surface area contributed by atoms with Crippen molar-refractivity contribution in [1.29, 1.82) is 0 Å². The van der Waals surface area contributed by atoms with Crippen LogP contribution in [0.2, 0.25) is 0 Å². The van der Waals surface area contributed by atoms with Gasteiger partial charge in [-0.25, -0.2) is 4.79 Å². The van der Waals surface area contributed by atoms with E-state index in [0.29, 0.717) is 5.56 Å². The van der Waals surface area contributed by atoms with E-state index in [-0.39, 0.29) is 12.2 Å². The third kappa shape index (κ3) is 1.94. The molecule has 0 saturated heterocycles. The van der Waals surface area contributed by atoms with Crippen LogP contribution in [0.1, 0.15) is 15.9 Å². The van der Waals surface area contributed by atoms with Crippen molar-refractivity contribution >= 4 is 5.97 Å². The first-order valence-electron chi connectivity index (χ1n) is 3.83. The van der Waals surface area contributed by atoms with Crippen molar-refractivity contribution in [2.24, 2.45) is 0 Å². The van der Waals surface area contributed by atoms with Gasteiger partial charge in [-0.1, -0.05) is 0 Å². The van der Waals surface area contributed by atoms with E-state index >= 15 is 0 Å². The molecule has 0 aliphatic carbocycles. The second kappa shape index (κ2) is 3.97. The van der Waals surface area contributed by atoms with E-state index in [1.165, 1.54) is 19.2 Å². The quantitative estimate of drug-likeness (QED) is 0.629. The third-order valence-electron chi connectivity index (χ3n) is 1.69. The van der Waals surface area contributed by atoms with E-state index in [1.807, 2.05) is 0 Å². The van der Waals surface area contributed by atoms with Gasteiger partial charge in [-0.15, -0.1) is 0 Å². The molecule has 5 nitrogen and oxygen atoms in total. The van der Waals surface area contributed by atoms with Crippen molar-refractivity contribution in [2.75, 3.05) is 7.11 Å². The second-order valence-electron chi connectivity index (χ2n) is 2.75. The zero-order valence-corrected chi connectivity index (χ0v) is 7.52. The zero-order valence-electron chi connectivity index (χ0n) is 7.52. The standard InChI is InChI=1S/C9H10O5/c1-14-4-5-2-6(9(12)13)8(11)7(10)3-5/h2-3,10-11H,4H2,1H3,(H,12,13). The Bertz CT molecular complexity index is 358. The van der Waals surface area contributed by atoms with Crippen LogP contribution in [0.3, 0.4) is 0 Å². The molecule has 0 atom stereocenters. The number of phenols is 2. The summed E-state index contributed by atoms with van der Waals surface area (Å²) in [5, 5.41) is 27.0. The molecule has 0 aliphatic rings. The smallest absolute Gasteiger partial charge is 0.339 e. The first-order valence-corrected chi connectivity index (χ1v) is 3.83. The summed E-state index contributed by atoms with van der Waals surface area (Å²) < 4.78 is 4.77. The van der Waals surface area contributed by atoms with E-state index < -0.39 is 17.5 Å². The molecule has 0 spiro atoms. The van der Waals surface area contributed by atoms with Crippen molar-refractivity contribution in [3.05, 3.63) is 23.3 Å². The van der Waals surface area contributed by atoms with Gasteiger partial charge in [-0.05, 0) is 17.7 Å². The number of ether oxygens (including phenoxy) is 1. The molecule has 0 aliphatic heterocycles. The molecule has 0 amide bonds. The van der Waals surface area contributed by atoms with Crippen LogP contribution in [0, 0.1) is 0 Å². The van der Waals surface area contributed by atoms with Crippen LogP contribution >= 0.6 is 0 Å². The number of methoxy groups -OCH3 is 1. The highest BCUT2D eigenvalue weighted by atomic mass is 16.5. The van der Waals surface area contributed by atoms with Gasteiger partial charge in [0, 0.05) is 7.11 Å². The van der Waals surface area contributed by atoms with E-state index in [1.54, 1.807) is 0 Å². The van der Waals surface area contributed by atoms with Gasteiger partial charge in [-0.2, -0.15) is 0 Å². The predicted molar refractivity (Wildman–Crippen MR) is 47.4 cm³/mol. The number of benzene rings is 1. The fraction of sp³-hybridized carbons (Fsp3) is 0.222. The number of phenolic OH excluding ortho intramolecular Hbond substituents is 1. The van der Waals surface area contributed by atoms with Crippen molar-refractivity contribution in [2.45, 2.75) is 6.61 Å². The lowest BCUT2D eigenvalue weighted by Gasteiger charge is -2.05. The van der Waals surface area contributed by atoms with Gasteiger partial charge in [0.1, 0.15) is 5.56 Å². The number of aromatic hydroxyl groups is 2. The highest BCUT2D eigenvalue weighted by molar-refractivity contribution is 5.92. The van der Waals surface area contributed by atoms with Crippen molar-refractivity contribution < 1.29 is 24.9 Å². The van der Waals surface area contributed by atoms with Gasteiger partial charge in [0.15, 0.2) is 11.5 Å². The summed E-state index contributed by atoms with van der Waals surface area (Å²) in [5.41, 5.74) is 0.150. The van der Waals surface area contributed by atoms with Gasteiger partial charge in [0.2, 0.25) is 0 Å². The monoisotopic (exact) mass is 198 g/mol. The Hall–Kier alpha value is -1.75. The number of carboxylic acid groups (broad SMARTS) is 1. The lowest BCUT2D eigenvalue weighted by atomic mass is 10.1. The Morgan fingerprint density at radius 3 is 2.57 bits per heavy atom. The van der Waals surface area contributed by atoms with Crippen LogP contribution in [0.25, 0.3) is 0 Å². The fourth-order valence-corrected chi connectivity index (χ4v) is 1.09. The second-order valence-corrected chi connectivity index (χ2v) is 2.75. The molecule has 1 aromatic carbocycles. The molecule has 76 valence electrons. The Morgan fingerprint density at radius 2 is 2.07 bits per heavy atom. The Balaban J connectivity index is 3.21. The molecular weight excluding hydrogens is 188 g/mol. The summed E-state index contributed by atoms with van der Waals surface area (Å²) in [7, 11) is 1.45. The Labute approximate surface area is 80.2 Å². The number of carboxylic acids is 1. The Morgan fingerprint density at radius 1 is 1.43 bits per heavy atom. The molecule has 0 saturated carbocycles. The summed E-state index contributed by atoms with van der Waals surface area (Å²) in [4.78, 5) is 10.6. The fourth-order valence-electron chi connectivity index (χ4n) is 1.09. The number of rotatable bonds is 3. The SMILES string of the molecule is COCc1cc(O)c(O)c(C(=O)O)c1. The largest absolute Gasteiger partial charge is 0.504 e. The molecule has 1 rings (SSSR count). The minimum absolute atomic E-state index is 0.175. The minimum Gasteiger partial charge on any atom is -0.504 e. The van der Waals surface area contributed by atoms with Gasteiger partial charge in [-0.3, -0.25) is 0 Å². The first-order chi connectivity index (χ1) is 6.56. The normalized spacial score (nSPS) is 10.1. The van der Waals surface area contributed by atoms with Crippen LogP contribution in [0.15, 0.2) is 12.1 Å². The van der Waals surface area contributed by atoms with Crippen molar-refractivity contribution in [1.82, 2.24) is 0 Å². The maximum absolute atomic E-state index is 10.6. The lowest BCUT2D eigenvalue weighted by Crippen LogP contribution is -1.99. The summed E-state index contributed by atoms with van der Waals surface area (Å²) in [6, 6.07) is 2.51. The molecule has 0 unspecified atom stereocenters. The van der Waals surface area contributed by atoms with Gasteiger partial charge < -0.3 is 20.1 Å². The molecule has 0 bridgehead atoms. The van der Waals surface area contributed by atoms with Gasteiger partial charge in [0.05, 0.1) is 6.61 Å². The van der Waals surface area contributed by atoms with Gasteiger partial charge in [0.25, 0.3) is 0 Å². The topological polar surface area (TPSA) is 87.0 Å². The molecule has 5 heteroatoms. The van der Waals surface area contributed by atoms with Crippen LogP contribution in [-0.4, -0.2) is 28.4 Å². The van der Waals surface area contributed by atoms with Crippen molar-refractivity contribution in [3.63, 3.8) is 0 Å². The average molecular weight is 198 g/mol. The summed E-state index contributed by atoms with van der Waals surface area (Å²) in [6.07, 6.45) is 0. The number of hydrogen-bond donors (Lipinski definition) is 3. The van der Waals surface area contributed by atoms with Crippen LogP contribution < -0.4 is 0 Å².